The molecule has 5 nitrogen and oxygen atoms in total. The number of nitrogens with zero attached hydrogens (tertiary/aromatic N) is 1. The quantitative estimate of drug-likeness (QED) is 0.739. The molecule has 1 saturated heterocycles. The van der Waals surface area contributed by atoms with Crippen LogP contribution >= 0.6 is 0 Å². The largest absolute Gasteiger partial charge is 0.474 e. The Labute approximate surface area is 133 Å². The van der Waals surface area contributed by atoms with Crippen molar-refractivity contribution in [3.05, 3.63) is 23.4 Å². The number of halogens is 3. The molecule has 0 aromatic carbocycles. The summed E-state index contributed by atoms with van der Waals surface area (Å²) in [6.45, 7) is 3.43. The summed E-state index contributed by atoms with van der Waals surface area (Å²) in [7, 11) is 0. The molecule has 23 heavy (non-hydrogen) atoms. The SMILES string of the molecule is C[C@@H](CO)NCc1cc(OC2CCNCC2)nc(C(F)(F)F)c1. The van der Waals surface area contributed by atoms with Crippen LogP contribution in [0.2, 0.25) is 0 Å². The van der Waals surface area contributed by atoms with Crippen LogP contribution in [0.1, 0.15) is 31.0 Å². The van der Waals surface area contributed by atoms with Crippen molar-refractivity contribution in [1.29, 1.82) is 0 Å². The van der Waals surface area contributed by atoms with Gasteiger partial charge < -0.3 is 20.5 Å². The first-order chi connectivity index (χ1) is 10.9. The molecule has 2 heterocycles. The molecule has 8 heteroatoms. The van der Waals surface area contributed by atoms with Crippen molar-refractivity contribution in [2.24, 2.45) is 0 Å². The van der Waals surface area contributed by atoms with Gasteiger partial charge in [-0.05, 0) is 44.5 Å². The second kappa shape index (κ2) is 7.94. The molecule has 0 saturated carbocycles. The number of hydrogen-bond donors (Lipinski definition) is 3. The van der Waals surface area contributed by atoms with Gasteiger partial charge in [-0.25, -0.2) is 4.98 Å². The average Bonchev–Trinajstić information content (AvgIpc) is 2.52. The zero-order chi connectivity index (χ0) is 16.9. The van der Waals surface area contributed by atoms with E-state index in [-0.39, 0.29) is 31.2 Å². The minimum atomic E-state index is -4.52. The Balaban J connectivity index is 2.15. The third kappa shape index (κ3) is 5.63. The molecule has 0 spiro atoms. The predicted molar refractivity (Wildman–Crippen MR) is 79.1 cm³/mol. The van der Waals surface area contributed by atoms with Crippen LogP contribution in [0, 0.1) is 0 Å². The Bertz CT molecular complexity index is 505. The summed E-state index contributed by atoms with van der Waals surface area (Å²) in [6, 6.07) is 2.33. The number of ether oxygens (including phenoxy) is 1. The van der Waals surface area contributed by atoms with E-state index in [0.717, 1.165) is 32.0 Å². The van der Waals surface area contributed by atoms with Gasteiger partial charge in [0.2, 0.25) is 5.88 Å². The Hall–Kier alpha value is -1.38. The van der Waals surface area contributed by atoms with Gasteiger partial charge in [0.05, 0.1) is 6.61 Å². The van der Waals surface area contributed by atoms with Crippen molar-refractivity contribution in [3.8, 4) is 5.88 Å². The van der Waals surface area contributed by atoms with Crippen LogP contribution < -0.4 is 15.4 Å². The summed E-state index contributed by atoms with van der Waals surface area (Å²) >= 11 is 0. The van der Waals surface area contributed by atoms with Gasteiger partial charge in [0.25, 0.3) is 0 Å². The van der Waals surface area contributed by atoms with E-state index in [2.05, 4.69) is 15.6 Å². The molecule has 0 amide bonds. The molecule has 1 aliphatic rings. The predicted octanol–water partition coefficient (Wildman–Crippen LogP) is 1.70. The molecule has 1 atom stereocenters. The van der Waals surface area contributed by atoms with Crippen LogP contribution in [0.15, 0.2) is 12.1 Å². The summed E-state index contributed by atoms with van der Waals surface area (Å²) in [5, 5.41) is 15.1. The highest BCUT2D eigenvalue weighted by atomic mass is 19.4. The van der Waals surface area contributed by atoms with Gasteiger partial charge in [-0.1, -0.05) is 0 Å². The summed E-state index contributed by atoms with van der Waals surface area (Å²) in [6.07, 6.45) is -3.16. The second-order valence-corrected chi connectivity index (χ2v) is 5.73. The lowest BCUT2D eigenvalue weighted by molar-refractivity contribution is -0.141. The molecule has 0 unspecified atom stereocenters. The Morgan fingerprint density at radius 2 is 2.09 bits per heavy atom. The summed E-state index contributed by atoms with van der Waals surface area (Å²) in [5.74, 6) is 0.000163. The normalized spacial score (nSPS) is 18.0. The van der Waals surface area contributed by atoms with Crippen LogP contribution in [0.4, 0.5) is 13.2 Å². The fourth-order valence-corrected chi connectivity index (χ4v) is 2.31. The summed E-state index contributed by atoms with van der Waals surface area (Å²) in [4.78, 5) is 3.60. The maximum atomic E-state index is 13.0. The van der Waals surface area contributed by atoms with Crippen LogP contribution in [-0.4, -0.2) is 41.9 Å². The lowest BCUT2D eigenvalue weighted by atomic mass is 10.1. The number of pyridine rings is 1. The Morgan fingerprint density at radius 3 is 2.70 bits per heavy atom. The molecule has 1 aliphatic heterocycles. The lowest BCUT2D eigenvalue weighted by Gasteiger charge is -2.24. The van der Waals surface area contributed by atoms with Crippen LogP contribution in [-0.2, 0) is 12.7 Å². The fourth-order valence-electron chi connectivity index (χ4n) is 2.31. The number of aliphatic hydroxyl groups excluding tert-OH is 1. The molecule has 3 N–H and O–H groups in total. The number of nitrogens with one attached hydrogen (secondary N) is 2. The number of aliphatic hydroxyl groups is 1. The Morgan fingerprint density at radius 1 is 1.39 bits per heavy atom. The zero-order valence-corrected chi connectivity index (χ0v) is 13.0. The number of rotatable bonds is 6. The third-order valence-corrected chi connectivity index (χ3v) is 3.65. The standard InChI is InChI=1S/C15H22F3N3O2/c1-10(9-22)20-8-11-6-13(15(16,17)18)21-14(7-11)23-12-2-4-19-5-3-12/h6-7,10,12,19-20,22H,2-5,8-9H2,1H3/t10-/m0/s1. The topological polar surface area (TPSA) is 66.4 Å². The minimum Gasteiger partial charge on any atom is -0.474 e. The van der Waals surface area contributed by atoms with E-state index in [4.69, 9.17) is 9.84 Å². The van der Waals surface area contributed by atoms with E-state index in [0.29, 0.717) is 5.56 Å². The van der Waals surface area contributed by atoms with E-state index in [1.807, 2.05) is 0 Å². The molecule has 1 aromatic rings. The second-order valence-electron chi connectivity index (χ2n) is 5.73. The molecule has 0 aliphatic carbocycles. The van der Waals surface area contributed by atoms with Crippen molar-refractivity contribution in [1.82, 2.24) is 15.6 Å². The number of aromatic nitrogens is 1. The third-order valence-electron chi connectivity index (χ3n) is 3.65. The first-order valence-corrected chi connectivity index (χ1v) is 7.68. The monoisotopic (exact) mass is 333 g/mol. The number of piperidine rings is 1. The number of alkyl halides is 3. The smallest absolute Gasteiger partial charge is 0.433 e. The van der Waals surface area contributed by atoms with Crippen molar-refractivity contribution in [2.45, 2.75) is 44.6 Å². The molecule has 130 valence electrons. The van der Waals surface area contributed by atoms with Gasteiger partial charge in [0, 0.05) is 18.7 Å². The van der Waals surface area contributed by atoms with E-state index < -0.39 is 11.9 Å². The molecule has 1 aromatic heterocycles. The van der Waals surface area contributed by atoms with Crippen molar-refractivity contribution in [3.63, 3.8) is 0 Å². The van der Waals surface area contributed by atoms with Gasteiger partial charge in [-0.15, -0.1) is 0 Å². The van der Waals surface area contributed by atoms with E-state index in [1.165, 1.54) is 6.07 Å². The number of hydrogen-bond acceptors (Lipinski definition) is 5. The van der Waals surface area contributed by atoms with Gasteiger partial charge in [-0.3, -0.25) is 0 Å². The fraction of sp³-hybridized carbons (Fsp3) is 0.667. The van der Waals surface area contributed by atoms with Crippen LogP contribution in [0.25, 0.3) is 0 Å². The Kier molecular flexibility index (Phi) is 6.20. The highest BCUT2D eigenvalue weighted by Gasteiger charge is 2.33. The van der Waals surface area contributed by atoms with Crippen LogP contribution in [0.3, 0.4) is 0 Å². The van der Waals surface area contributed by atoms with E-state index in [9.17, 15) is 13.2 Å². The molecule has 2 rings (SSSR count). The zero-order valence-electron chi connectivity index (χ0n) is 13.0. The highest BCUT2D eigenvalue weighted by Crippen LogP contribution is 2.30. The molecule has 0 bridgehead atoms. The highest BCUT2D eigenvalue weighted by molar-refractivity contribution is 5.27. The first kappa shape index (κ1) is 18.0. The molecule has 0 radical (unpaired) electrons. The summed E-state index contributed by atoms with van der Waals surface area (Å²) in [5.41, 5.74) is -0.533. The maximum absolute atomic E-state index is 13.0. The first-order valence-electron chi connectivity index (χ1n) is 7.68. The van der Waals surface area contributed by atoms with Crippen molar-refractivity contribution in [2.75, 3.05) is 19.7 Å². The molecular formula is C15H22F3N3O2. The minimum absolute atomic E-state index is 0.000163. The van der Waals surface area contributed by atoms with Crippen LogP contribution in [0.5, 0.6) is 5.88 Å². The van der Waals surface area contributed by atoms with E-state index >= 15 is 0 Å². The average molecular weight is 333 g/mol. The van der Waals surface area contributed by atoms with Gasteiger partial charge in [0.15, 0.2) is 0 Å². The van der Waals surface area contributed by atoms with Gasteiger partial charge >= 0.3 is 6.18 Å². The van der Waals surface area contributed by atoms with E-state index in [1.54, 1.807) is 6.92 Å². The molecular weight excluding hydrogens is 311 g/mol. The summed E-state index contributed by atoms with van der Waals surface area (Å²) < 4.78 is 44.6. The van der Waals surface area contributed by atoms with Crippen molar-refractivity contribution >= 4 is 0 Å². The van der Waals surface area contributed by atoms with Crippen molar-refractivity contribution < 1.29 is 23.0 Å². The maximum Gasteiger partial charge on any atom is 0.433 e. The molecule has 1 fully saturated rings. The van der Waals surface area contributed by atoms with Gasteiger partial charge in [0.1, 0.15) is 11.8 Å². The van der Waals surface area contributed by atoms with Gasteiger partial charge in [-0.2, -0.15) is 13.2 Å². The lowest BCUT2D eigenvalue weighted by Crippen LogP contribution is -2.34.